The van der Waals surface area contributed by atoms with Gasteiger partial charge in [-0.2, -0.15) is 0 Å². The molecule has 2 heterocycles. The smallest absolute Gasteiger partial charge is 0.278 e. The van der Waals surface area contributed by atoms with Crippen LogP contribution in [0.3, 0.4) is 0 Å². The maximum absolute atomic E-state index is 11.1. The molecule has 3 rings (SSSR count). The Morgan fingerprint density at radius 3 is 3.05 bits per heavy atom. The molecule has 0 N–H and O–H groups in total. The molecule has 1 saturated heterocycles. The predicted octanol–water partition coefficient (Wildman–Crippen LogP) is 2.37. The zero-order chi connectivity index (χ0) is 14.1. The largest absolute Gasteiger partial charge is 0.375 e. The van der Waals surface area contributed by atoms with Crippen LogP contribution in [-0.4, -0.2) is 35.7 Å². The van der Waals surface area contributed by atoms with Gasteiger partial charge in [0.2, 0.25) is 0 Å². The van der Waals surface area contributed by atoms with E-state index < -0.39 is 0 Å². The van der Waals surface area contributed by atoms with Gasteiger partial charge in [-0.25, -0.2) is 0 Å². The Morgan fingerprint density at radius 1 is 1.45 bits per heavy atom. The lowest BCUT2D eigenvalue weighted by Crippen LogP contribution is -2.41. The summed E-state index contributed by atoms with van der Waals surface area (Å²) in [5, 5.41) is 11.7. The Kier molecular flexibility index (Phi) is 3.23. The fourth-order valence-corrected chi connectivity index (χ4v) is 2.59. The van der Waals surface area contributed by atoms with Crippen molar-refractivity contribution in [1.29, 1.82) is 0 Å². The van der Waals surface area contributed by atoms with Crippen molar-refractivity contribution in [2.75, 3.05) is 24.6 Å². The number of pyridine rings is 1. The summed E-state index contributed by atoms with van der Waals surface area (Å²) in [6.45, 7) is 4.22. The molecule has 1 aromatic heterocycles. The number of nitro groups is 1. The second kappa shape index (κ2) is 5.05. The average molecular weight is 273 g/mol. The summed E-state index contributed by atoms with van der Waals surface area (Å²) in [6.07, 6.45) is 1.82. The van der Waals surface area contributed by atoms with Crippen LogP contribution in [0.5, 0.6) is 0 Å². The van der Waals surface area contributed by atoms with E-state index in [0.717, 1.165) is 18.8 Å². The normalized spacial score (nSPS) is 19.2. The summed E-state index contributed by atoms with van der Waals surface area (Å²) in [7, 11) is 0. The van der Waals surface area contributed by atoms with E-state index in [1.165, 1.54) is 0 Å². The Balaban J connectivity index is 2.12. The van der Waals surface area contributed by atoms with E-state index in [1.807, 2.05) is 6.92 Å². The molecule has 2 aromatic rings. The van der Waals surface area contributed by atoms with Crippen molar-refractivity contribution >= 4 is 22.3 Å². The quantitative estimate of drug-likeness (QED) is 0.620. The first kappa shape index (κ1) is 12.8. The molecule has 0 aliphatic carbocycles. The SMILES string of the molecule is C[C@@H]1CN(c2ccc([N+](=O)[O-])c3cccnc23)CCO1. The standard InChI is InChI=1S/C14H15N3O3/c1-10-9-16(7-8-20-10)13-5-4-12(17(18)19)11-3-2-6-15-14(11)13/h2-6,10H,7-9H2,1H3/t10-/m1/s1. The van der Waals surface area contributed by atoms with Crippen LogP contribution < -0.4 is 4.90 Å². The molecule has 1 fully saturated rings. The Hall–Kier alpha value is -2.21. The van der Waals surface area contributed by atoms with E-state index in [1.54, 1.807) is 30.5 Å². The number of benzene rings is 1. The van der Waals surface area contributed by atoms with Crippen molar-refractivity contribution in [3.8, 4) is 0 Å². The molecular formula is C14H15N3O3. The molecule has 6 heteroatoms. The number of anilines is 1. The summed E-state index contributed by atoms with van der Waals surface area (Å²) < 4.78 is 5.53. The van der Waals surface area contributed by atoms with Crippen molar-refractivity contribution in [2.45, 2.75) is 13.0 Å². The van der Waals surface area contributed by atoms with Crippen molar-refractivity contribution in [3.63, 3.8) is 0 Å². The van der Waals surface area contributed by atoms with Crippen LogP contribution in [0.2, 0.25) is 0 Å². The van der Waals surface area contributed by atoms with Crippen LogP contribution in [0.4, 0.5) is 11.4 Å². The number of rotatable bonds is 2. The van der Waals surface area contributed by atoms with Crippen molar-refractivity contribution < 1.29 is 9.66 Å². The highest BCUT2D eigenvalue weighted by atomic mass is 16.6. The molecule has 1 aliphatic rings. The molecule has 0 amide bonds. The monoisotopic (exact) mass is 273 g/mol. The number of hydrogen-bond acceptors (Lipinski definition) is 5. The summed E-state index contributed by atoms with van der Waals surface area (Å²) >= 11 is 0. The van der Waals surface area contributed by atoms with Gasteiger partial charge in [0.1, 0.15) is 5.52 Å². The third-order valence-electron chi connectivity index (χ3n) is 3.50. The third kappa shape index (κ3) is 2.18. The maximum Gasteiger partial charge on any atom is 0.278 e. The zero-order valence-corrected chi connectivity index (χ0v) is 11.2. The molecule has 0 unspecified atom stereocenters. The summed E-state index contributed by atoms with van der Waals surface area (Å²) in [5.41, 5.74) is 1.70. The van der Waals surface area contributed by atoms with Crippen LogP contribution in [0, 0.1) is 10.1 Å². The van der Waals surface area contributed by atoms with Gasteiger partial charge in [-0.1, -0.05) is 0 Å². The van der Waals surface area contributed by atoms with Crippen LogP contribution >= 0.6 is 0 Å². The lowest BCUT2D eigenvalue weighted by Gasteiger charge is -2.33. The molecule has 0 spiro atoms. The first-order valence-corrected chi connectivity index (χ1v) is 6.55. The lowest BCUT2D eigenvalue weighted by molar-refractivity contribution is -0.383. The molecule has 6 nitrogen and oxygen atoms in total. The van der Waals surface area contributed by atoms with Crippen LogP contribution in [0.15, 0.2) is 30.5 Å². The van der Waals surface area contributed by atoms with Gasteiger partial charge < -0.3 is 9.64 Å². The fraction of sp³-hybridized carbons (Fsp3) is 0.357. The zero-order valence-electron chi connectivity index (χ0n) is 11.2. The van der Waals surface area contributed by atoms with Gasteiger partial charge in [-0.3, -0.25) is 15.1 Å². The highest BCUT2D eigenvalue weighted by Gasteiger charge is 2.22. The van der Waals surface area contributed by atoms with Gasteiger partial charge in [0, 0.05) is 25.4 Å². The third-order valence-corrected chi connectivity index (χ3v) is 3.50. The fourth-order valence-electron chi connectivity index (χ4n) is 2.59. The molecule has 20 heavy (non-hydrogen) atoms. The molecule has 1 atom stereocenters. The number of non-ortho nitro benzene ring substituents is 1. The Labute approximate surface area is 116 Å². The molecule has 104 valence electrons. The van der Waals surface area contributed by atoms with Crippen molar-refractivity contribution in [2.24, 2.45) is 0 Å². The summed E-state index contributed by atoms with van der Waals surface area (Å²) in [5.74, 6) is 0. The predicted molar refractivity (Wildman–Crippen MR) is 76.0 cm³/mol. The number of hydrogen-bond donors (Lipinski definition) is 0. The summed E-state index contributed by atoms with van der Waals surface area (Å²) in [6, 6.07) is 6.81. The highest BCUT2D eigenvalue weighted by Crippen LogP contribution is 2.32. The van der Waals surface area contributed by atoms with E-state index in [9.17, 15) is 10.1 Å². The molecule has 0 saturated carbocycles. The first-order chi connectivity index (χ1) is 9.66. The minimum Gasteiger partial charge on any atom is -0.375 e. The lowest BCUT2D eigenvalue weighted by atomic mass is 10.1. The van der Waals surface area contributed by atoms with E-state index in [-0.39, 0.29) is 16.7 Å². The van der Waals surface area contributed by atoms with Gasteiger partial charge in [0.05, 0.1) is 28.7 Å². The highest BCUT2D eigenvalue weighted by molar-refractivity contribution is 5.97. The number of nitro benzene ring substituents is 1. The van der Waals surface area contributed by atoms with E-state index in [2.05, 4.69) is 9.88 Å². The molecular weight excluding hydrogens is 258 g/mol. The van der Waals surface area contributed by atoms with E-state index in [4.69, 9.17) is 4.74 Å². The number of nitrogens with zero attached hydrogens (tertiary/aromatic N) is 3. The summed E-state index contributed by atoms with van der Waals surface area (Å²) in [4.78, 5) is 17.2. The van der Waals surface area contributed by atoms with Gasteiger partial charge in [-0.15, -0.1) is 0 Å². The first-order valence-electron chi connectivity index (χ1n) is 6.55. The maximum atomic E-state index is 11.1. The minimum absolute atomic E-state index is 0.0955. The van der Waals surface area contributed by atoms with Crippen LogP contribution in [-0.2, 0) is 4.74 Å². The Bertz CT molecular complexity index is 659. The molecule has 1 aromatic carbocycles. The van der Waals surface area contributed by atoms with Gasteiger partial charge in [0.25, 0.3) is 5.69 Å². The van der Waals surface area contributed by atoms with Crippen molar-refractivity contribution in [3.05, 3.63) is 40.6 Å². The van der Waals surface area contributed by atoms with Gasteiger partial charge >= 0.3 is 0 Å². The molecule has 1 aliphatic heterocycles. The van der Waals surface area contributed by atoms with Crippen LogP contribution in [0.1, 0.15) is 6.92 Å². The van der Waals surface area contributed by atoms with E-state index >= 15 is 0 Å². The van der Waals surface area contributed by atoms with Gasteiger partial charge in [0.15, 0.2) is 0 Å². The Morgan fingerprint density at radius 2 is 2.30 bits per heavy atom. The number of fused-ring (bicyclic) bond motifs is 1. The minimum atomic E-state index is -0.365. The van der Waals surface area contributed by atoms with Crippen molar-refractivity contribution in [1.82, 2.24) is 4.98 Å². The van der Waals surface area contributed by atoms with E-state index in [0.29, 0.717) is 17.5 Å². The molecule has 0 radical (unpaired) electrons. The number of ether oxygens (including phenoxy) is 1. The van der Waals surface area contributed by atoms with Gasteiger partial charge in [-0.05, 0) is 25.1 Å². The van der Waals surface area contributed by atoms with Crippen LogP contribution in [0.25, 0.3) is 10.9 Å². The second-order valence-corrected chi connectivity index (χ2v) is 4.89. The topological polar surface area (TPSA) is 68.5 Å². The average Bonchev–Trinajstić information content (AvgIpc) is 2.46. The number of morpholine rings is 1. The molecule has 0 bridgehead atoms. The second-order valence-electron chi connectivity index (χ2n) is 4.89. The number of aromatic nitrogens is 1.